The number of urea groups is 1. The molecule has 1 atom stereocenters. The van der Waals surface area contributed by atoms with E-state index in [1.807, 2.05) is 54.4 Å². The Hall–Kier alpha value is -2.98. The van der Waals surface area contributed by atoms with Gasteiger partial charge in [0.2, 0.25) is 5.91 Å². The fourth-order valence-corrected chi connectivity index (χ4v) is 6.84. The van der Waals surface area contributed by atoms with E-state index in [-0.39, 0.29) is 18.0 Å². The number of likely N-dealkylation sites (tertiary alicyclic amines) is 3. The van der Waals surface area contributed by atoms with Crippen molar-refractivity contribution >= 4 is 29.8 Å². The van der Waals surface area contributed by atoms with E-state index in [2.05, 4.69) is 27.0 Å². The zero-order valence-corrected chi connectivity index (χ0v) is 26.4. The second kappa shape index (κ2) is 18.0. The lowest BCUT2D eigenvalue weighted by Gasteiger charge is -2.41. The first-order chi connectivity index (χ1) is 21.0. The van der Waals surface area contributed by atoms with Crippen molar-refractivity contribution in [3.05, 3.63) is 59.6 Å². The number of carbonyl (C=O) groups is 3. The summed E-state index contributed by atoms with van der Waals surface area (Å²) in [6.07, 6.45) is 22.6. The summed E-state index contributed by atoms with van der Waals surface area (Å²) in [6, 6.07) is -0.401. The average Bonchev–Trinajstić information content (AvgIpc) is 3.18. The highest BCUT2D eigenvalue weighted by atomic mass is 32.2. The highest BCUT2D eigenvalue weighted by molar-refractivity contribution is 8.02. The van der Waals surface area contributed by atoms with Crippen LogP contribution in [0.4, 0.5) is 9.59 Å². The minimum Gasteiger partial charge on any atom is -0.446 e. The second-order valence-corrected chi connectivity index (χ2v) is 12.5. The van der Waals surface area contributed by atoms with Gasteiger partial charge >= 0.3 is 12.1 Å². The highest BCUT2D eigenvalue weighted by Gasteiger charge is 2.35. The topological polar surface area (TPSA) is 94.2 Å². The quantitative estimate of drug-likeness (QED) is 0.376. The van der Waals surface area contributed by atoms with Crippen LogP contribution >= 0.6 is 11.8 Å². The molecule has 0 aromatic heterocycles. The monoisotopic (exact) mass is 611 g/mol. The van der Waals surface area contributed by atoms with Gasteiger partial charge in [-0.15, -0.1) is 11.8 Å². The van der Waals surface area contributed by atoms with Crippen LogP contribution in [0.2, 0.25) is 0 Å². The summed E-state index contributed by atoms with van der Waals surface area (Å²) in [5, 5.41) is 7.89. The van der Waals surface area contributed by atoms with Crippen LogP contribution in [0, 0.1) is 0 Å². The van der Waals surface area contributed by atoms with Gasteiger partial charge in [0.1, 0.15) is 12.1 Å². The number of carbonyl (C=O) groups excluding carboxylic acids is 3. The summed E-state index contributed by atoms with van der Waals surface area (Å²) in [5.74, 6) is 0.799. The molecule has 0 aromatic carbocycles. The number of nitrogens with zero attached hydrogens (tertiary/aromatic N) is 3. The third kappa shape index (κ3) is 10.6. The van der Waals surface area contributed by atoms with E-state index in [4.69, 9.17) is 4.74 Å². The van der Waals surface area contributed by atoms with Crippen molar-refractivity contribution in [1.82, 2.24) is 25.3 Å². The van der Waals surface area contributed by atoms with E-state index < -0.39 is 12.1 Å². The second-order valence-electron chi connectivity index (χ2n) is 11.5. The van der Waals surface area contributed by atoms with Crippen molar-refractivity contribution < 1.29 is 19.1 Å². The summed E-state index contributed by atoms with van der Waals surface area (Å²) in [7, 11) is 0. The number of ether oxygens (including phenoxy) is 1. The molecule has 2 N–H and O–H groups in total. The molecule has 43 heavy (non-hydrogen) atoms. The maximum absolute atomic E-state index is 14.0. The number of alkyl carbamates (subject to hydrolysis) is 1. The smallest absolute Gasteiger partial charge is 0.407 e. The molecule has 0 aromatic rings. The number of allylic oxidation sites excluding steroid dienone is 6. The minimum absolute atomic E-state index is 0.0173. The lowest BCUT2D eigenvalue weighted by atomic mass is 9.97. The lowest BCUT2D eigenvalue weighted by molar-refractivity contribution is -0.134. The van der Waals surface area contributed by atoms with Gasteiger partial charge in [0.05, 0.1) is 0 Å². The first kappa shape index (κ1) is 32.9. The van der Waals surface area contributed by atoms with Crippen LogP contribution in [0.15, 0.2) is 59.6 Å². The lowest BCUT2D eigenvalue weighted by Crippen LogP contribution is -2.56. The number of amides is 4. The normalized spacial score (nSPS) is 24.8. The molecule has 4 rings (SSSR count). The van der Waals surface area contributed by atoms with Crippen LogP contribution < -0.4 is 10.6 Å². The Kier molecular flexibility index (Phi) is 13.8. The van der Waals surface area contributed by atoms with Crippen molar-refractivity contribution in [2.45, 2.75) is 76.5 Å². The first-order valence-corrected chi connectivity index (χ1v) is 17.0. The van der Waals surface area contributed by atoms with Crippen LogP contribution in [-0.2, 0) is 9.53 Å². The van der Waals surface area contributed by atoms with Gasteiger partial charge in [-0.05, 0) is 63.1 Å². The zero-order valence-electron chi connectivity index (χ0n) is 25.6. The Morgan fingerprint density at radius 2 is 1.67 bits per heavy atom. The number of piperidine rings is 3. The fraction of sp³-hybridized carbons (Fsp3) is 0.606. The molecule has 3 saturated heterocycles. The molecule has 3 fully saturated rings. The maximum Gasteiger partial charge on any atom is 0.407 e. The van der Waals surface area contributed by atoms with Gasteiger partial charge in [0, 0.05) is 57.4 Å². The average molecular weight is 612 g/mol. The van der Waals surface area contributed by atoms with Crippen molar-refractivity contribution in [2.24, 2.45) is 0 Å². The first-order valence-electron chi connectivity index (χ1n) is 16.0. The molecule has 9 nitrogen and oxygen atoms in total. The van der Waals surface area contributed by atoms with Gasteiger partial charge in [-0.1, -0.05) is 55.0 Å². The van der Waals surface area contributed by atoms with Gasteiger partial charge in [-0.2, -0.15) is 0 Å². The molecule has 4 aliphatic rings. The van der Waals surface area contributed by atoms with Crippen molar-refractivity contribution in [2.75, 3.05) is 51.6 Å². The molecule has 0 saturated carbocycles. The van der Waals surface area contributed by atoms with Crippen LogP contribution in [0.1, 0.15) is 58.3 Å². The predicted octanol–water partition coefficient (Wildman–Crippen LogP) is 5.00. The molecular formula is C33H49N5O4S. The predicted molar refractivity (Wildman–Crippen MR) is 174 cm³/mol. The molecule has 0 aliphatic carbocycles. The number of nitrogens with one attached hydrogen (secondary N) is 2. The van der Waals surface area contributed by atoms with Gasteiger partial charge in [0.15, 0.2) is 0 Å². The number of hydrogen-bond acceptors (Lipinski definition) is 6. The van der Waals surface area contributed by atoms with E-state index >= 15 is 0 Å². The summed E-state index contributed by atoms with van der Waals surface area (Å²) in [5.41, 5.74) is 0.917. The molecule has 4 heterocycles. The third-order valence-corrected chi connectivity index (χ3v) is 9.39. The van der Waals surface area contributed by atoms with Gasteiger partial charge in [0.25, 0.3) is 0 Å². The minimum atomic E-state index is -0.704. The van der Waals surface area contributed by atoms with E-state index in [0.717, 1.165) is 37.3 Å². The highest BCUT2D eigenvalue weighted by Crippen LogP contribution is 2.24. The van der Waals surface area contributed by atoms with Gasteiger partial charge in [-0.25, -0.2) is 9.59 Å². The van der Waals surface area contributed by atoms with Crippen molar-refractivity contribution in [3.8, 4) is 0 Å². The SMILES string of the molecule is C/C=C\C=C/CNC(=O)OC1CCN(C(=O)NC(C(=O)N2CCC(N3CCCCC3)CC2)/C2=C/SC/C=C\C=C/C2)CC1. The van der Waals surface area contributed by atoms with E-state index in [1.165, 1.54) is 32.4 Å². The van der Waals surface area contributed by atoms with Crippen molar-refractivity contribution in [3.63, 3.8) is 0 Å². The zero-order chi connectivity index (χ0) is 30.3. The maximum atomic E-state index is 14.0. The number of rotatable bonds is 8. The van der Waals surface area contributed by atoms with Crippen LogP contribution in [0.3, 0.4) is 0 Å². The van der Waals surface area contributed by atoms with Crippen molar-refractivity contribution in [1.29, 1.82) is 0 Å². The van der Waals surface area contributed by atoms with E-state index in [0.29, 0.717) is 44.9 Å². The number of hydrogen-bond donors (Lipinski definition) is 2. The summed E-state index contributed by atoms with van der Waals surface area (Å²) in [4.78, 5) is 46.0. The van der Waals surface area contributed by atoms with Gasteiger partial charge in [-0.3, -0.25) is 4.79 Å². The molecule has 4 amide bonds. The van der Waals surface area contributed by atoms with E-state index in [9.17, 15) is 14.4 Å². The Morgan fingerprint density at radius 1 is 0.953 bits per heavy atom. The standard InChI is InChI=1S/C33H49N5O4S/c1-2-3-4-9-18-34-33(41)42-29-16-23-38(24-17-29)32(40)35-30(27-13-8-5-6-12-25-43-26-27)31(39)37-21-14-28(15-22-37)36-19-10-7-11-20-36/h2-6,8-9,12,26,28-30H,7,10-11,13-25H2,1H3,(H,34,41)(H,35,40)/b3-2-,8-5-,9-4-,12-6-,27-26+. The van der Waals surface area contributed by atoms with E-state index in [1.54, 1.807) is 16.7 Å². The molecule has 0 spiro atoms. The molecule has 0 radical (unpaired) electrons. The molecule has 236 valence electrons. The Bertz CT molecular complexity index is 1070. The largest absolute Gasteiger partial charge is 0.446 e. The Labute approximate surface area is 261 Å². The summed E-state index contributed by atoms with van der Waals surface area (Å²) < 4.78 is 5.56. The Balaban J connectivity index is 1.32. The summed E-state index contributed by atoms with van der Waals surface area (Å²) >= 11 is 1.65. The van der Waals surface area contributed by atoms with Gasteiger partial charge < -0.3 is 30.1 Å². The van der Waals surface area contributed by atoms with Crippen LogP contribution in [0.5, 0.6) is 0 Å². The molecule has 10 heteroatoms. The fourth-order valence-electron chi connectivity index (χ4n) is 6.08. The molecule has 1 unspecified atom stereocenters. The van der Waals surface area contributed by atoms with Crippen LogP contribution in [0.25, 0.3) is 0 Å². The molecule has 0 bridgehead atoms. The molecular weight excluding hydrogens is 562 g/mol. The third-order valence-electron chi connectivity index (χ3n) is 8.54. The number of thioether (sulfide) groups is 1. The van der Waals surface area contributed by atoms with Crippen LogP contribution in [-0.4, -0.2) is 102 Å². The Morgan fingerprint density at radius 3 is 2.42 bits per heavy atom. The summed E-state index contributed by atoms with van der Waals surface area (Å²) in [6.45, 7) is 7.04. The molecule has 4 aliphatic heterocycles.